The third kappa shape index (κ3) is 5.84. The first-order valence-corrected chi connectivity index (χ1v) is 12.6. The maximum Gasteiger partial charge on any atom is 0.247 e. The second kappa shape index (κ2) is 11.1. The predicted octanol–water partition coefficient (Wildman–Crippen LogP) is 4.64. The SMILES string of the molecule is Cc1ccc([C@H](C(=O)NC2CCC(C)CC2)N(C[C@@H]2COc3ccccc3O2)C(=O)CCl)cc1. The van der Waals surface area contributed by atoms with Gasteiger partial charge in [-0.3, -0.25) is 9.59 Å². The van der Waals surface area contributed by atoms with Gasteiger partial charge in [0, 0.05) is 6.04 Å². The summed E-state index contributed by atoms with van der Waals surface area (Å²) in [5.41, 5.74) is 1.84. The molecule has 1 fully saturated rings. The number of nitrogens with zero attached hydrogens (tertiary/aromatic N) is 1. The van der Waals surface area contributed by atoms with Crippen molar-refractivity contribution in [3.8, 4) is 11.5 Å². The minimum absolute atomic E-state index is 0.116. The molecule has 1 heterocycles. The molecule has 2 atom stereocenters. The summed E-state index contributed by atoms with van der Waals surface area (Å²) in [5, 5.41) is 3.22. The monoisotopic (exact) mass is 484 g/mol. The van der Waals surface area contributed by atoms with Crippen molar-refractivity contribution in [3.05, 3.63) is 59.7 Å². The summed E-state index contributed by atoms with van der Waals surface area (Å²) in [6.07, 6.45) is 3.67. The number of ether oxygens (including phenoxy) is 2. The van der Waals surface area contributed by atoms with E-state index in [1.807, 2.05) is 55.5 Å². The van der Waals surface area contributed by atoms with Crippen LogP contribution in [0.1, 0.15) is 49.8 Å². The number of rotatable bonds is 7. The second-order valence-corrected chi connectivity index (χ2v) is 9.72. The Balaban J connectivity index is 1.58. The molecule has 1 N–H and O–H groups in total. The van der Waals surface area contributed by atoms with E-state index in [1.54, 1.807) is 4.90 Å². The molecule has 0 unspecified atom stereocenters. The topological polar surface area (TPSA) is 67.9 Å². The molecule has 34 heavy (non-hydrogen) atoms. The normalized spacial score (nSPS) is 22.5. The molecule has 4 rings (SSSR count). The van der Waals surface area contributed by atoms with Gasteiger partial charge in [0.2, 0.25) is 11.8 Å². The van der Waals surface area contributed by atoms with Crippen molar-refractivity contribution in [3.63, 3.8) is 0 Å². The number of hydrogen-bond donors (Lipinski definition) is 1. The molecule has 0 saturated heterocycles. The van der Waals surface area contributed by atoms with Gasteiger partial charge in [-0.05, 0) is 56.2 Å². The van der Waals surface area contributed by atoms with Crippen LogP contribution >= 0.6 is 11.6 Å². The maximum atomic E-state index is 13.7. The minimum Gasteiger partial charge on any atom is -0.486 e. The molecule has 1 aliphatic heterocycles. The van der Waals surface area contributed by atoms with Crippen LogP contribution in [-0.4, -0.2) is 47.9 Å². The Hall–Kier alpha value is -2.73. The maximum absolute atomic E-state index is 13.7. The highest BCUT2D eigenvalue weighted by Gasteiger charge is 2.35. The first-order valence-electron chi connectivity index (χ1n) is 12.1. The number of benzene rings is 2. The Labute approximate surface area is 206 Å². The summed E-state index contributed by atoms with van der Waals surface area (Å²) in [6.45, 7) is 4.71. The lowest BCUT2D eigenvalue weighted by molar-refractivity contribution is -0.141. The highest BCUT2D eigenvalue weighted by atomic mass is 35.5. The zero-order chi connectivity index (χ0) is 24.1. The highest BCUT2D eigenvalue weighted by molar-refractivity contribution is 6.27. The van der Waals surface area contributed by atoms with Gasteiger partial charge in [0.1, 0.15) is 18.5 Å². The minimum atomic E-state index is -0.799. The zero-order valence-corrected chi connectivity index (χ0v) is 20.6. The van der Waals surface area contributed by atoms with Crippen molar-refractivity contribution in [2.45, 2.75) is 57.7 Å². The largest absolute Gasteiger partial charge is 0.486 e. The van der Waals surface area contributed by atoms with Crippen molar-refractivity contribution >= 4 is 23.4 Å². The number of alkyl halides is 1. The third-order valence-corrected chi connectivity index (χ3v) is 6.95. The number of fused-ring (bicyclic) bond motifs is 1. The lowest BCUT2D eigenvalue weighted by Crippen LogP contribution is -2.51. The molecule has 0 aromatic heterocycles. The molecule has 2 aliphatic rings. The molecular formula is C27H33ClN2O4. The van der Waals surface area contributed by atoms with Crippen LogP contribution < -0.4 is 14.8 Å². The summed E-state index contributed by atoms with van der Waals surface area (Å²) in [4.78, 5) is 28.3. The molecule has 1 aliphatic carbocycles. The van der Waals surface area contributed by atoms with Gasteiger partial charge in [0.05, 0.1) is 6.54 Å². The number of aryl methyl sites for hydroxylation is 1. The van der Waals surface area contributed by atoms with Gasteiger partial charge in [-0.2, -0.15) is 0 Å². The summed E-state index contributed by atoms with van der Waals surface area (Å²) in [6, 6.07) is 14.5. The van der Waals surface area contributed by atoms with E-state index in [1.165, 1.54) is 0 Å². The van der Waals surface area contributed by atoms with Crippen molar-refractivity contribution in [2.75, 3.05) is 19.0 Å². The number of carbonyl (C=O) groups is 2. The van der Waals surface area contributed by atoms with Crippen molar-refractivity contribution in [2.24, 2.45) is 5.92 Å². The average molecular weight is 485 g/mol. The second-order valence-electron chi connectivity index (χ2n) is 9.46. The summed E-state index contributed by atoms with van der Waals surface area (Å²) in [5.74, 6) is 1.27. The quantitative estimate of drug-likeness (QED) is 0.581. The third-order valence-electron chi connectivity index (χ3n) is 6.72. The molecule has 0 spiro atoms. The smallest absolute Gasteiger partial charge is 0.247 e. The van der Waals surface area contributed by atoms with Crippen molar-refractivity contribution in [1.82, 2.24) is 10.2 Å². The lowest BCUT2D eigenvalue weighted by atomic mass is 9.87. The fraction of sp³-hybridized carbons (Fsp3) is 0.481. The van der Waals surface area contributed by atoms with Crippen LogP contribution in [0.2, 0.25) is 0 Å². The van der Waals surface area contributed by atoms with Crippen LogP contribution in [0.4, 0.5) is 0 Å². The van der Waals surface area contributed by atoms with E-state index in [-0.39, 0.29) is 36.9 Å². The van der Waals surface area contributed by atoms with E-state index in [0.29, 0.717) is 17.4 Å². The van der Waals surface area contributed by atoms with E-state index in [9.17, 15) is 9.59 Å². The summed E-state index contributed by atoms with van der Waals surface area (Å²) in [7, 11) is 0. The highest BCUT2D eigenvalue weighted by Crippen LogP contribution is 2.32. The van der Waals surface area contributed by atoms with Crippen LogP contribution in [0.3, 0.4) is 0 Å². The van der Waals surface area contributed by atoms with Crippen LogP contribution in [0.25, 0.3) is 0 Å². The average Bonchev–Trinajstić information content (AvgIpc) is 2.85. The molecule has 7 heteroatoms. The molecule has 6 nitrogen and oxygen atoms in total. The van der Waals surface area contributed by atoms with Gasteiger partial charge in [0.25, 0.3) is 0 Å². The number of halogens is 1. The molecule has 2 amide bonds. The van der Waals surface area contributed by atoms with Gasteiger partial charge in [0.15, 0.2) is 17.6 Å². The molecule has 0 bridgehead atoms. The standard InChI is InChI=1S/C27H33ClN2O4/c1-18-7-11-20(12-8-18)26(27(32)29-21-13-9-19(2)10-14-21)30(25(31)15-28)16-22-17-33-23-5-3-4-6-24(23)34-22/h3-8,11-12,19,21-22,26H,9-10,13-17H2,1-2H3,(H,29,32)/t19?,21?,22-,26-/m1/s1. The number of para-hydroxylation sites is 2. The molecule has 182 valence electrons. The van der Waals surface area contributed by atoms with Crippen molar-refractivity contribution < 1.29 is 19.1 Å². The van der Waals surface area contributed by atoms with Gasteiger partial charge in [-0.25, -0.2) is 0 Å². The van der Waals surface area contributed by atoms with Crippen LogP contribution in [0.5, 0.6) is 11.5 Å². The molecule has 2 aromatic rings. The Bertz CT molecular complexity index is 988. The zero-order valence-electron chi connectivity index (χ0n) is 19.8. The Morgan fingerprint density at radius 1 is 1.06 bits per heavy atom. The fourth-order valence-electron chi connectivity index (χ4n) is 4.71. The number of carbonyl (C=O) groups excluding carboxylic acids is 2. The molecular weight excluding hydrogens is 452 g/mol. The van der Waals surface area contributed by atoms with E-state index < -0.39 is 12.1 Å². The van der Waals surface area contributed by atoms with Crippen LogP contribution in [0.15, 0.2) is 48.5 Å². The molecule has 0 radical (unpaired) electrons. The number of hydrogen-bond acceptors (Lipinski definition) is 4. The Morgan fingerprint density at radius 2 is 1.74 bits per heavy atom. The summed E-state index contributed by atoms with van der Waals surface area (Å²) < 4.78 is 12.0. The fourth-order valence-corrected chi connectivity index (χ4v) is 4.86. The van der Waals surface area contributed by atoms with Crippen LogP contribution in [-0.2, 0) is 9.59 Å². The lowest BCUT2D eigenvalue weighted by Gasteiger charge is -2.36. The first kappa shape index (κ1) is 24.4. The summed E-state index contributed by atoms with van der Waals surface area (Å²) >= 11 is 6.02. The van der Waals surface area contributed by atoms with E-state index in [4.69, 9.17) is 21.1 Å². The van der Waals surface area contributed by atoms with Crippen molar-refractivity contribution in [1.29, 1.82) is 0 Å². The van der Waals surface area contributed by atoms with Crippen LogP contribution in [0, 0.1) is 12.8 Å². The molecule has 2 aromatic carbocycles. The van der Waals surface area contributed by atoms with Gasteiger partial charge in [-0.15, -0.1) is 11.6 Å². The van der Waals surface area contributed by atoms with E-state index in [0.717, 1.165) is 36.8 Å². The first-order chi connectivity index (χ1) is 16.4. The Kier molecular flexibility index (Phi) is 7.99. The van der Waals surface area contributed by atoms with Gasteiger partial charge in [-0.1, -0.05) is 48.9 Å². The number of nitrogens with one attached hydrogen (secondary N) is 1. The van der Waals surface area contributed by atoms with Gasteiger partial charge >= 0.3 is 0 Å². The molecule has 1 saturated carbocycles. The van der Waals surface area contributed by atoms with E-state index >= 15 is 0 Å². The van der Waals surface area contributed by atoms with Gasteiger partial charge < -0.3 is 19.7 Å². The van der Waals surface area contributed by atoms with E-state index in [2.05, 4.69) is 12.2 Å². The predicted molar refractivity (Wildman–Crippen MR) is 132 cm³/mol. The number of amides is 2. The Morgan fingerprint density at radius 3 is 2.41 bits per heavy atom.